The summed E-state index contributed by atoms with van der Waals surface area (Å²) in [7, 11) is 4.57. The molecule has 1 saturated heterocycles. The summed E-state index contributed by atoms with van der Waals surface area (Å²) in [6.45, 7) is 7.63. The molecule has 2 aliphatic heterocycles. The van der Waals surface area contributed by atoms with Crippen LogP contribution in [0.25, 0.3) is 11.3 Å². The molecule has 16 heteroatoms. The molecule has 0 aliphatic carbocycles. The predicted octanol–water partition coefficient (Wildman–Crippen LogP) is 5.30. The molecule has 59 heavy (non-hydrogen) atoms. The zero-order valence-electron chi connectivity index (χ0n) is 34.0. The smallest absolute Gasteiger partial charge is 0.408 e. The Labute approximate surface area is 343 Å². The fraction of sp³-hybridized carbons (Fsp3) is 0.372. The van der Waals surface area contributed by atoms with E-state index in [4.69, 9.17) is 38.9 Å². The van der Waals surface area contributed by atoms with E-state index < -0.39 is 17.7 Å². The summed E-state index contributed by atoms with van der Waals surface area (Å²) in [5.41, 5.74) is 5.45. The molecule has 0 unspecified atom stereocenters. The number of benzene rings is 2. The minimum atomic E-state index is -0.918. The highest BCUT2D eigenvalue weighted by molar-refractivity contribution is 5.78. The molecule has 0 bridgehead atoms. The highest BCUT2D eigenvalue weighted by atomic mass is 16.6. The van der Waals surface area contributed by atoms with Gasteiger partial charge in [-0.15, -0.1) is 0 Å². The van der Waals surface area contributed by atoms with E-state index in [1.165, 1.54) is 7.11 Å². The van der Waals surface area contributed by atoms with Crippen LogP contribution in [0.1, 0.15) is 36.2 Å². The summed E-state index contributed by atoms with van der Waals surface area (Å²) in [6, 6.07) is 19.9. The molecule has 0 spiro atoms. The number of hydrogen-bond donors (Lipinski definition) is 1. The second-order valence-electron chi connectivity index (χ2n) is 14.8. The second kappa shape index (κ2) is 18.4. The Hall–Kier alpha value is -6.55. The summed E-state index contributed by atoms with van der Waals surface area (Å²) in [6.07, 6.45) is 5.75. The number of amides is 1. The van der Waals surface area contributed by atoms with Gasteiger partial charge in [0, 0.05) is 80.2 Å². The van der Waals surface area contributed by atoms with Crippen molar-refractivity contribution < 1.29 is 33.3 Å². The molecular formula is C43H49N9O7. The first-order valence-corrected chi connectivity index (χ1v) is 19.4. The number of esters is 1. The van der Waals surface area contributed by atoms with Gasteiger partial charge in [0.05, 0.1) is 40.2 Å². The highest BCUT2D eigenvalue weighted by Crippen LogP contribution is 2.39. The Kier molecular flexibility index (Phi) is 12.6. The fourth-order valence-electron chi connectivity index (χ4n) is 7.05. The summed E-state index contributed by atoms with van der Waals surface area (Å²) < 4.78 is 26.7. The average Bonchev–Trinajstić information content (AvgIpc) is 3.70. The van der Waals surface area contributed by atoms with Gasteiger partial charge in [0.2, 0.25) is 11.9 Å². The van der Waals surface area contributed by atoms with Gasteiger partial charge in [0.15, 0.2) is 0 Å². The van der Waals surface area contributed by atoms with Crippen molar-refractivity contribution in [3.8, 4) is 22.8 Å². The van der Waals surface area contributed by atoms with E-state index in [0.29, 0.717) is 70.7 Å². The molecule has 5 heterocycles. The van der Waals surface area contributed by atoms with Gasteiger partial charge in [-0.05, 0) is 67.8 Å². The molecule has 1 fully saturated rings. The van der Waals surface area contributed by atoms with Crippen molar-refractivity contribution in [2.45, 2.75) is 45.4 Å². The number of rotatable bonds is 15. The molecule has 2 aliphatic rings. The average molecular weight is 804 g/mol. The highest BCUT2D eigenvalue weighted by Gasteiger charge is 2.31. The van der Waals surface area contributed by atoms with E-state index in [0.717, 1.165) is 56.6 Å². The minimum Gasteiger partial charge on any atom is -0.497 e. The normalized spacial score (nSPS) is 13.7. The molecular weight excluding hydrogens is 755 g/mol. The molecule has 2 aromatic carbocycles. The Balaban J connectivity index is 1.17. The first-order chi connectivity index (χ1) is 28.6. The molecule has 7 rings (SSSR count). The van der Waals surface area contributed by atoms with Gasteiger partial charge in [-0.3, -0.25) is 9.78 Å². The van der Waals surface area contributed by atoms with Crippen LogP contribution < -0.4 is 29.5 Å². The number of pyridine rings is 1. The number of alkyl carbamates (subject to hydrolysis) is 1. The van der Waals surface area contributed by atoms with Gasteiger partial charge in [-0.25, -0.2) is 19.7 Å². The van der Waals surface area contributed by atoms with E-state index in [1.807, 2.05) is 73.1 Å². The van der Waals surface area contributed by atoms with Gasteiger partial charge in [0.1, 0.15) is 29.5 Å². The number of carbonyl (C=O) groups is 2. The third kappa shape index (κ3) is 10.1. The minimum absolute atomic E-state index is 0.284. The maximum atomic E-state index is 12.4. The zero-order valence-corrected chi connectivity index (χ0v) is 34.0. The molecule has 5 aromatic rings. The van der Waals surface area contributed by atoms with Crippen molar-refractivity contribution in [2.75, 3.05) is 75.4 Å². The van der Waals surface area contributed by atoms with Gasteiger partial charge in [-0.2, -0.15) is 4.98 Å². The number of fused-ring (bicyclic) bond motifs is 1. The van der Waals surface area contributed by atoms with E-state index in [2.05, 4.69) is 29.7 Å². The van der Waals surface area contributed by atoms with Crippen LogP contribution in [0.2, 0.25) is 0 Å². The number of morpholine rings is 1. The fourth-order valence-corrected chi connectivity index (χ4v) is 7.05. The molecule has 1 N–H and O–H groups in total. The van der Waals surface area contributed by atoms with Gasteiger partial charge in [-0.1, -0.05) is 24.3 Å². The number of anilines is 4. The van der Waals surface area contributed by atoms with Crippen LogP contribution >= 0.6 is 0 Å². The lowest BCUT2D eigenvalue weighted by atomic mass is 10.0. The van der Waals surface area contributed by atoms with Crippen LogP contribution in [0.4, 0.5) is 28.2 Å². The van der Waals surface area contributed by atoms with Crippen molar-refractivity contribution in [2.24, 2.45) is 0 Å². The molecule has 1 amide bonds. The quantitative estimate of drug-likeness (QED) is 0.135. The van der Waals surface area contributed by atoms with Crippen molar-refractivity contribution in [1.29, 1.82) is 0 Å². The number of nitrogens with one attached hydrogen (secondary N) is 1. The largest absolute Gasteiger partial charge is 0.497 e. The van der Waals surface area contributed by atoms with Crippen molar-refractivity contribution >= 4 is 35.5 Å². The van der Waals surface area contributed by atoms with Crippen LogP contribution in [0.15, 0.2) is 79.3 Å². The summed E-state index contributed by atoms with van der Waals surface area (Å²) in [5.74, 6) is 3.01. The number of carbonyl (C=O) groups excluding carboxylic acids is 2. The zero-order chi connectivity index (χ0) is 41.4. The second-order valence-corrected chi connectivity index (χ2v) is 14.8. The van der Waals surface area contributed by atoms with Crippen LogP contribution in [0.5, 0.6) is 11.5 Å². The first-order valence-electron chi connectivity index (χ1n) is 19.4. The lowest BCUT2D eigenvalue weighted by Crippen LogP contribution is -2.38. The van der Waals surface area contributed by atoms with Crippen molar-refractivity contribution in [1.82, 2.24) is 30.2 Å². The maximum absolute atomic E-state index is 12.4. The van der Waals surface area contributed by atoms with Crippen LogP contribution in [-0.4, -0.2) is 103 Å². The number of hydrogen-bond acceptors (Lipinski definition) is 15. The van der Waals surface area contributed by atoms with Gasteiger partial charge < -0.3 is 43.7 Å². The van der Waals surface area contributed by atoms with E-state index in [1.54, 1.807) is 34.3 Å². The summed E-state index contributed by atoms with van der Waals surface area (Å²) in [5, 5.41) is 2.42. The SMILES string of the molecule is COC(=O)CNC(=O)OC(C)(C)Cc1cc(N2CCc3c(-c4cnc(N(Cc5ccc(OC)cc5)Cc5ccc(OC)cc5)nc4)nc(N4CCOCC4)nc32)ccn1. The number of methoxy groups -OCH3 is 3. The van der Waals surface area contributed by atoms with Crippen molar-refractivity contribution in [3.05, 3.63) is 102 Å². The first kappa shape index (κ1) is 40.6. The van der Waals surface area contributed by atoms with Crippen LogP contribution in [-0.2, 0) is 44.9 Å². The Morgan fingerprint density at radius 3 is 2.10 bits per heavy atom. The van der Waals surface area contributed by atoms with Crippen molar-refractivity contribution in [3.63, 3.8) is 0 Å². The number of aromatic nitrogens is 5. The van der Waals surface area contributed by atoms with E-state index in [-0.39, 0.29) is 6.54 Å². The molecule has 308 valence electrons. The predicted molar refractivity (Wildman–Crippen MR) is 221 cm³/mol. The standard InChI is InChI=1S/C43H49N9O7/c1-43(2,59-42(54)47-26-37(53)57-5)23-32-22-33(14-16-44-32)52-17-15-36-38(48-41(49-39(36)52)50-18-20-58-21-19-50)31-24-45-40(46-25-31)51(27-29-6-10-34(55-3)11-7-29)28-30-8-12-35(56-4)13-9-30/h6-14,16,22,24-25H,15,17-21,23,26-28H2,1-5H3,(H,47,54). The monoisotopic (exact) mass is 803 g/mol. The van der Waals surface area contributed by atoms with E-state index >= 15 is 0 Å². The number of nitrogens with zero attached hydrogens (tertiary/aromatic N) is 8. The van der Waals surface area contributed by atoms with Gasteiger partial charge >= 0.3 is 12.1 Å². The van der Waals surface area contributed by atoms with Crippen LogP contribution in [0.3, 0.4) is 0 Å². The lowest BCUT2D eigenvalue weighted by Gasteiger charge is -2.28. The Morgan fingerprint density at radius 1 is 0.847 bits per heavy atom. The number of ether oxygens (including phenoxy) is 5. The van der Waals surface area contributed by atoms with E-state index in [9.17, 15) is 9.59 Å². The molecule has 16 nitrogen and oxygen atoms in total. The Morgan fingerprint density at radius 2 is 1.49 bits per heavy atom. The third-order valence-electron chi connectivity index (χ3n) is 10.1. The Bertz CT molecular complexity index is 2170. The third-order valence-corrected chi connectivity index (χ3v) is 10.1. The molecule has 0 saturated carbocycles. The lowest BCUT2D eigenvalue weighted by molar-refractivity contribution is -0.139. The topological polar surface area (TPSA) is 166 Å². The summed E-state index contributed by atoms with van der Waals surface area (Å²) in [4.78, 5) is 55.1. The van der Waals surface area contributed by atoms with Crippen LogP contribution in [0, 0.1) is 0 Å². The molecule has 0 radical (unpaired) electrons. The molecule has 0 atom stereocenters. The van der Waals surface area contributed by atoms with Gasteiger partial charge in [0.25, 0.3) is 0 Å². The maximum Gasteiger partial charge on any atom is 0.408 e. The molecule has 3 aromatic heterocycles. The summed E-state index contributed by atoms with van der Waals surface area (Å²) >= 11 is 0.